The molecule has 0 bridgehead atoms. The molecule has 6 aliphatic rings. The topological polar surface area (TPSA) is 6.48 Å². The van der Waals surface area contributed by atoms with E-state index in [4.69, 9.17) is 0 Å². The molecule has 1 aromatic heterocycles. The van der Waals surface area contributed by atoms with Gasteiger partial charge in [0, 0.05) is 55.8 Å². The van der Waals surface area contributed by atoms with Crippen LogP contribution >= 0.6 is 11.3 Å². The number of hydrogen-bond donors (Lipinski definition) is 0. The summed E-state index contributed by atoms with van der Waals surface area (Å²) < 4.78 is 1.41. The van der Waals surface area contributed by atoms with Crippen LogP contribution in [0.1, 0.15) is 99.4 Å². The molecule has 0 N–H and O–H groups in total. The van der Waals surface area contributed by atoms with Crippen molar-refractivity contribution in [3.05, 3.63) is 165 Å². The lowest BCUT2D eigenvalue weighted by molar-refractivity contribution is 0.437. The van der Waals surface area contributed by atoms with Gasteiger partial charge in [0.2, 0.25) is 0 Å². The van der Waals surface area contributed by atoms with Crippen LogP contribution in [0.25, 0.3) is 27.3 Å². The Hall–Kier alpha value is -4.86. The minimum Gasteiger partial charge on any atom is -0.331 e. The van der Waals surface area contributed by atoms with Gasteiger partial charge in [-0.2, -0.15) is 0 Å². The van der Waals surface area contributed by atoms with Gasteiger partial charge in [0.25, 0.3) is 0 Å². The Bertz CT molecular complexity index is 2590. The van der Waals surface area contributed by atoms with E-state index in [0.717, 1.165) is 32.1 Å². The Morgan fingerprint density at radius 2 is 1.64 bits per heavy atom. The summed E-state index contributed by atoms with van der Waals surface area (Å²) in [4.78, 5) is 6.87. The molecule has 0 saturated heterocycles. The highest BCUT2D eigenvalue weighted by Gasteiger charge is 2.51. The van der Waals surface area contributed by atoms with E-state index in [2.05, 4.69) is 166 Å². The summed E-state index contributed by atoms with van der Waals surface area (Å²) in [5, 5.41) is 1.45. The van der Waals surface area contributed by atoms with Crippen LogP contribution in [0.5, 0.6) is 0 Å². The van der Waals surface area contributed by atoms with Crippen LogP contribution in [0, 0.1) is 17.8 Å². The fraction of sp³-hybridized carbons (Fsp3) is 0.308. The maximum Gasteiger partial charge on any atom is 0.0735 e. The SMILES string of the molecule is CC1C=CC2=C(C1)c1ccc(N(c3ccccc3)C3(C)CC4=C(c5ccccc53)C3C(=CCCC3C)N4c3ccc4sc5c(c4c3)CCC=C5)cc1C2(C)C. The van der Waals surface area contributed by atoms with Crippen molar-refractivity contribution in [2.75, 3.05) is 9.80 Å². The van der Waals surface area contributed by atoms with Gasteiger partial charge in [0.15, 0.2) is 0 Å². The highest BCUT2D eigenvalue weighted by molar-refractivity contribution is 7.20. The van der Waals surface area contributed by atoms with Gasteiger partial charge < -0.3 is 9.80 Å². The molecule has 3 heteroatoms. The smallest absolute Gasteiger partial charge is 0.0735 e. The van der Waals surface area contributed by atoms with Crippen LogP contribution in [0.15, 0.2) is 132 Å². The van der Waals surface area contributed by atoms with Crippen LogP contribution in [-0.4, -0.2) is 0 Å². The molecule has 1 aliphatic heterocycles. The predicted molar refractivity (Wildman–Crippen MR) is 235 cm³/mol. The predicted octanol–water partition coefficient (Wildman–Crippen LogP) is 14.1. The van der Waals surface area contributed by atoms with Gasteiger partial charge in [0.1, 0.15) is 0 Å². The molecule has 2 heterocycles. The molecule has 0 spiro atoms. The standard InChI is InChI=1S/C52H50N2S/c1-32-22-26-42-40(28-32)37-25-23-36(30-44(37)51(42,3)4)54(34-15-7-6-8-16-34)52(5)31-46-50(39-18-9-11-19-43(39)52)49-33(2)14-13-20-45(49)53(46)35-24-27-48-41(29-35)38-17-10-12-21-47(38)55-48/h6-9,11-12,15-16,18-27,29-30,32-33,49H,10,13-14,17,28,31H2,1-5H3. The van der Waals surface area contributed by atoms with E-state index in [9.17, 15) is 0 Å². The number of fused-ring (bicyclic) bond motifs is 9. The Labute approximate surface area is 330 Å². The van der Waals surface area contributed by atoms with Gasteiger partial charge in [0.05, 0.1) is 5.54 Å². The largest absolute Gasteiger partial charge is 0.331 e. The number of para-hydroxylation sites is 1. The third-order valence-electron chi connectivity index (χ3n) is 14.1. The lowest BCUT2D eigenvalue weighted by atomic mass is 9.70. The average Bonchev–Trinajstić information content (AvgIpc) is 3.80. The molecule has 5 aromatic rings. The fourth-order valence-electron chi connectivity index (χ4n) is 11.5. The highest BCUT2D eigenvalue weighted by atomic mass is 32.1. The lowest BCUT2D eigenvalue weighted by Gasteiger charge is -2.48. The van der Waals surface area contributed by atoms with Crippen molar-refractivity contribution in [3.8, 4) is 0 Å². The van der Waals surface area contributed by atoms with Crippen molar-refractivity contribution in [2.45, 2.75) is 84.1 Å². The summed E-state index contributed by atoms with van der Waals surface area (Å²) in [5.74, 6) is 1.54. The molecule has 0 fully saturated rings. The summed E-state index contributed by atoms with van der Waals surface area (Å²) >= 11 is 1.96. The first-order chi connectivity index (χ1) is 26.7. The molecule has 4 unspecified atom stereocenters. The summed E-state index contributed by atoms with van der Waals surface area (Å²) in [6.45, 7) is 12.2. The Kier molecular flexibility index (Phi) is 7.35. The van der Waals surface area contributed by atoms with Crippen LogP contribution in [0.3, 0.4) is 0 Å². The number of anilines is 3. The summed E-state index contributed by atoms with van der Waals surface area (Å²) in [6, 6.07) is 35.5. The molecule has 4 atom stereocenters. The van der Waals surface area contributed by atoms with E-state index in [1.165, 1.54) is 83.2 Å². The third-order valence-corrected chi connectivity index (χ3v) is 15.3. The van der Waals surface area contributed by atoms with Gasteiger partial charge in [-0.05, 0) is 149 Å². The molecule has 55 heavy (non-hydrogen) atoms. The molecule has 0 amide bonds. The quantitative estimate of drug-likeness (QED) is 0.181. The van der Waals surface area contributed by atoms with E-state index in [1.54, 1.807) is 11.1 Å². The fourth-order valence-corrected chi connectivity index (χ4v) is 12.7. The van der Waals surface area contributed by atoms with Crippen molar-refractivity contribution >= 4 is 55.7 Å². The normalized spacial score (nSPS) is 25.7. The molecule has 5 aliphatic carbocycles. The molecule has 0 saturated carbocycles. The number of allylic oxidation sites excluding steroid dienone is 7. The first-order valence-electron chi connectivity index (χ1n) is 20.7. The second kappa shape index (κ2) is 12.1. The zero-order valence-corrected chi connectivity index (χ0v) is 33.6. The number of benzene rings is 4. The van der Waals surface area contributed by atoms with Crippen molar-refractivity contribution < 1.29 is 0 Å². The van der Waals surface area contributed by atoms with Gasteiger partial charge >= 0.3 is 0 Å². The lowest BCUT2D eigenvalue weighted by Crippen LogP contribution is -2.45. The average molecular weight is 735 g/mol. The molecular formula is C52H50N2S. The van der Waals surface area contributed by atoms with Crippen LogP contribution in [-0.2, 0) is 17.4 Å². The Morgan fingerprint density at radius 3 is 2.51 bits per heavy atom. The number of thiophene rings is 1. The minimum atomic E-state index is -0.360. The Morgan fingerprint density at radius 1 is 0.800 bits per heavy atom. The minimum absolute atomic E-state index is 0.0450. The zero-order valence-electron chi connectivity index (χ0n) is 32.8. The van der Waals surface area contributed by atoms with Gasteiger partial charge in [-0.3, -0.25) is 0 Å². The second-order valence-corrected chi connectivity index (χ2v) is 19.0. The number of rotatable bonds is 4. The maximum absolute atomic E-state index is 2.73. The molecule has 274 valence electrons. The molecular weight excluding hydrogens is 685 g/mol. The van der Waals surface area contributed by atoms with Crippen molar-refractivity contribution in [1.82, 2.24) is 0 Å². The summed E-state index contributed by atoms with van der Waals surface area (Å²) in [7, 11) is 0. The molecule has 0 radical (unpaired) electrons. The number of nitrogens with zero attached hydrogens (tertiary/aromatic N) is 2. The Balaban J connectivity index is 1.11. The van der Waals surface area contributed by atoms with Crippen molar-refractivity contribution in [2.24, 2.45) is 17.8 Å². The monoisotopic (exact) mass is 734 g/mol. The van der Waals surface area contributed by atoms with E-state index in [1.807, 2.05) is 11.3 Å². The van der Waals surface area contributed by atoms with Crippen LogP contribution in [0.2, 0.25) is 0 Å². The van der Waals surface area contributed by atoms with E-state index >= 15 is 0 Å². The summed E-state index contributed by atoms with van der Waals surface area (Å²) in [5.41, 5.74) is 18.3. The van der Waals surface area contributed by atoms with E-state index in [0.29, 0.717) is 17.8 Å². The van der Waals surface area contributed by atoms with Gasteiger partial charge in [-0.1, -0.05) is 101 Å². The molecule has 11 rings (SSSR count). The van der Waals surface area contributed by atoms with Crippen LogP contribution < -0.4 is 9.80 Å². The van der Waals surface area contributed by atoms with Gasteiger partial charge in [-0.15, -0.1) is 11.3 Å². The van der Waals surface area contributed by atoms with Crippen LogP contribution in [0.4, 0.5) is 17.1 Å². The zero-order chi connectivity index (χ0) is 37.2. The van der Waals surface area contributed by atoms with Gasteiger partial charge in [-0.25, -0.2) is 0 Å². The van der Waals surface area contributed by atoms with E-state index < -0.39 is 0 Å². The third kappa shape index (κ3) is 4.78. The number of hydrogen-bond acceptors (Lipinski definition) is 3. The maximum atomic E-state index is 2.73. The summed E-state index contributed by atoms with van der Waals surface area (Å²) in [6.07, 6.45) is 18.8. The second-order valence-electron chi connectivity index (χ2n) is 17.9. The van der Waals surface area contributed by atoms with Crippen molar-refractivity contribution in [1.29, 1.82) is 0 Å². The first-order valence-corrected chi connectivity index (χ1v) is 21.5. The highest BCUT2D eigenvalue weighted by Crippen LogP contribution is 2.61. The number of aryl methyl sites for hydroxylation is 1. The molecule has 2 nitrogen and oxygen atoms in total. The van der Waals surface area contributed by atoms with E-state index in [-0.39, 0.29) is 11.0 Å². The first kappa shape index (κ1) is 33.5. The van der Waals surface area contributed by atoms with Crippen molar-refractivity contribution in [3.63, 3.8) is 0 Å². The molecule has 4 aromatic carbocycles.